The molecule has 0 spiro atoms. The Hall–Kier alpha value is -3.20. The monoisotopic (exact) mass is 295 g/mol. The fourth-order valence-electron chi connectivity index (χ4n) is 2.10. The quantitative estimate of drug-likeness (QED) is 0.493. The number of rotatable bonds is 4. The molecule has 6 heteroatoms. The Morgan fingerprint density at radius 1 is 1.32 bits per heavy atom. The van der Waals surface area contributed by atoms with Gasteiger partial charge in [0.1, 0.15) is 11.6 Å². The van der Waals surface area contributed by atoms with E-state index in [0.717, 1.165) is 5.57 Å². The lowest BCUT2D eigenvalue weighted by atomic mass is 10.1. The number of non-ortho nitro benzene ring substituents is 1. The molecular formula is C16H13N3O3. The molecule has 0 radical (unpaired) electrons. The lowest BCUT2D eigenvalue weighted by Gasteiger charge is -2.13. The number of nitro benzene ring substituents is 1. The van der Waals surface area contributed by atoms with Gasteiger partial charge in [-0.25, -0.2) is 0 Å². The zero-order chi connectivity index (χ0) is 16.3. The van der Waals surface area contributed by atoms with Gasteiger partial charge in [-0.1, -0.05) is 12.2 Å². The van der Waals surface area contributed by atoms with Crippen LogP contribution >= 0.6 is 0 Å². The minimum Gasteiger partial charge on any atom is -0.303 e. The minimum atomic E-state index is -0.483. The fourth-order valence-corrected chi connectivity index (χ4v) is 2.10. The van der Waals surface area contributed by atoms with Gasteiger partial charge in [0.05, 0.1) is 10.6 Å². The molecule has 0 amide bonds. The zero-order valence-electron chi connectivity index (χ0n) is 11.9. The maximum Gasteiger partial charge on any atom is 0.269 e. The average Bonchev–Trinajstić information content (AvgIpc) is 2.49. The van der Waals surface area contributed by atoms with E-state index in [1.165, 1.54) is 22.8 Å². The van der Waals surface area contributed by atoms with Crippen LogP contribution in [0.25, 0.3) is 11.3 Å². The lowest BCUT2D eigenvalue weighted by Crippen LogP contribution is -2.24. The highest BCUT2D eigenvalue weighted by Crippen LogP contribution is 2.22. The summed E-state index contributed by atoms with van der Waals surface area (Å²) in [5, 5.41) is 19.7. The van der Waals surface area contributed by atoms with E-state index in [0.29, 0.717) is 11.3 Å². The number of nitro groups is 1. The van der Waals surface area contributed by atoms with Gasteiger partial charge in [-0.3, -0.25) is 14.9 Å². The van der Waals surface area contributed by atoms with E-state index in [4.69, 9.17) is 5.26 Å². The van der Waals surface area contributed by atoms with Crippen LogP contribution in [0.4, 0.5) is 5.69 Å². The molecule has 0 fully saturated rings. The third kappa shape index (κ3) is 2.94. The molecule has 2 aromatic rings. The lowest BCUT2D eigenvalue weighted by molar-refractivity contribution is -0.384. The summed E-state index contributed by atoms with van der Waals surface area (Å²) in [5.41, 5.74) is 1.63. The molecule has 0 aliphatic heterocycles. The van der Waals surface area contributed by atoms with Gasteiger partial charge in [0, 0.05) is 18.7 Å². The van der Waals surface area contributed by atoms with Crippen molar-refractivity contribution < 1.29 is 4.92 Å². The molecule has 0 unspecified atom stereocenters. The predicted molar refractivity (Wildman–Crippen MR) is 82.3 cm³/mol. The Bertz CT molecular complexity index is 842. The van der Waals surface area contributed by atoms with Crippen LogP contribution in [0.3, 0.4) is 0 Å². The first-order valence-corrected chi connectivity index (χ1v) is 6.47. The van der Waals surface area contributed by atoms with Crippen LogP contribution < -0.4 is 5.56 Å². The second-order valence-corrected chi connectivity index (χ2v) is 4.90. The van der Waals surface area contributed by atoms with Crippen LogP contribution in [-0.2, 0) is 6.54 Å². The van der Waals surface area contributed by atoms with Crippen molar-refractivity contribution in [2.45, 2.75) is 13.5 Å². The first-order valence-electron chi connectivity index (χ1n) is 6.47. The molecule has 0 saturated carbocycles. The van der Waals surface area contributed by atoms with Crippen molar-refractivity contribution in [1.29, 1.82) is 5.26 Å². The Balaban J connectivity index is 2.61. The molecule has 0 N–H and O–H groups in total. The van der Waals surface area contributed by atoms with Crippen molar-refractivity contribution in [3.8, 4) is 17.3 Å². The molecule has 2 rings (SSSR count). The van der Waals surface area contributed by atoms with Gasteiger partial charge >= 0.3 is 0 Å². The highest BCUT2D eigenvalue weighted by molar-refractivity contribution is 5.62. The highest BCUT2D eigenvalue weighted by atomic mass is 16.6. The van der Waals surface area contributed by atoms with Gasteiger partial charge < -0.3 is 4.57 Å². The van der Waals surface area contributed by atoms with Gasteiger partial charge in [-0.2, -0.15) is 5.26 Å². The van der Waals surface area contributed by atoms with E-state index in [1.54, 1.807) is 25.1 Å². The molecule has 0 aliphatic carbocycles. The summed E-state index contributed by atoms with van der Waals surface area (Å²) in [7, 11) is 0. The molecule has 0 aliphatic rings. The van der Waals surface area contributed by atoms with Crippen LogP contribution in [0, 0.1) is 21.4 Å². The number of hydrogen-bond donors (Lipinski definition) is 0. The summed E-state index contributed by atoms with van der Waals surface area (Å²) in [6.07, 6.45) is 0. The molecule has 1 aromatic carbocycles. The molecule has 6 nitrogen and oxygen atoms in total. The SMILES string of the molecule is C=C(C)Cn1c(-c2ccc([N+](=O)[O-])cc2)ccc(C#N)c1=O. The number of hydrogen-bond acceptors (Lipinski definition) is 4. The summed E-state index contributed by atoms with van der Waals surface area (Å²) in [5.74, 6) is 0. The highest BCUT2D eigenvalue weighted by Gasteiger charge is 2.12. The third-order valence-corrected chi connectivity index (χ3v) is 3.10. The molecule has 1 aromatic heterocycles. The molecule has 0 bridgehead atoms. The van der Waals surface area contributed by atoms with Crippen LogP contribution in [0.15, 0.2) is 53.3 Å². The summed E-state index contributed by atoms with van der Waals surface area (Å²) in [6.45, 7) is 5.85. The Labute approximate surface area is 126 Å². The van der Waals surface area contributed by atoms with E-state index >= 15 is 0 Å². The van der Waals surface area contributed by atoms with E-state index in [2.05, 4.69) is 6.58 Å². The van der Waals surface area contributed by atoms with Crippen molar-refractivity contribution >= 4 is 5.69 Å². The second-order valence-electron chi connectivity index (χ2n) is 4.90. The Kier molecular flexibility index (Phi) is 4.18. The summed E-state index contributed by atoms with van der Waals surface area (Å²) >= 11 is 0. The van der Waals surface area contributed by atoms with Crippen molar-refractivity contribution in [3.05, 3.63) is 74.6 Å². The van der Waals surface area contributed by atoms with Gasteiger partial charge in [-0.05, 0) is 36.8 Å². The zero-order valence-corrected chi connectivity index (χ0v) is 11.9. The van der Waals surface area contributed by atoms with Crippen LogP contribution in [-0.4, -0.2) is 9.49 Å². The van der Waals surface area contributed by atoms with E-state index < -0.39 is 10.5 Å². The molecule has 0 saturated heterocycles. The van der Waals surface area contributed by atoms with E-state index in [-0.39, 0.29) is 17.8 Å². The fraction of sp³-hybridized carbons (Fsp3) is 0.125. The van der Waals surface area contributed by atoms with E-state index in [9.17, 15) is 14.9 Å². The van der Waals surface area contributed by atoms with Crippen LogP contribution in [0.1, 0.15) is 12.5 Å². The number of allylic oxidation sites excluding steroid dienone is 1. The molecule has 110 valence electrons. The molecular weight excluding hydrogens is 282 g/mol. The molecule has 22 heavy (non-hydrogen) atoms. The summed E-state index contributed by atoms with van der Waals surface area (Å²) in [4.78, 5) is 22.5. The van der Waals surface area contributed by atoms with Crippen molar-refractivity contribution in [2.75, 3.05) is 0 Å². The molecule has 0 atom stereocenters. The van der Waals surface area contributed by atoms with Gasteiger partial charge in [0.25, 0.3) is 11.2 Å². The maximum absolute atomic E-state index is 12.3. The first-order chi connectivity index (χ1) is 10.4. The second kappa shape index (κ2) is 6.06. The number of pyridine rings is 1. The standard InChI is InChI=1S/C16H13N3O3/c1-11(2)10-18-15(8-5-13(9-17)16(18)20)12-3-6-14(7-4-12)19(21)22/h3-8H,1,10H2,2H3. The van der Waals surface area contributed by atoms with Crippen molar-refractivity contribution in [2.24, 2.45) is 0 Å². The molecule has 1 heterocycles. The summed E-state index contributed by atoms with van der Waals surface area (Å²) in [6, 6.07) is 10.9. The largest absolute Gasteiger partial charge is 0.303 e. The average molecular weight is 295 g/mol. The van der Waals surface area contributed by atoms with Gasteiger partial charge in [0.15, 0.2) is 0 Å². The topological polar surface area (TPSA) is 88.9 Å². The van der Waals surface area contributed by atoms with E-state index in [1.807, 2.05) is 6.07 Å². The first kappa shape index (κ1) is 15.2. The van der Waals surface area contributed by atoms with Gasteiger partial charge in [0.2, 0.25) is 0 Å². The predicted octanol–water partition coefficient (Wildman–Crippen LogP) is 2.87. The Morgan fingerprint density at radius 2 is 1.95 bits per heavy atom. The number of benzene rings is 1. The smallest absolute Gasteiger partial charge is 0.269 e. The summed E-state index contributed by atoms with van der Waals surface area (Å²) < 4.78 is 1.45. The minimum absolute atomic E-state index is 0.0220. The number of nitriles is 1. The normalized spacial score (nSPS) is 10.0. The van der Waals surface area contributed by atoms with Crippen LogP contribution in [0.2, 0.25) is 0 Å². The maximum atomic E-state index is 12.3. The van der Waals surface area contributed by atoms with Crippen LogP contribution in [0.5, 0.6) is 0 Å². The van der Waals surface area contributed by atoms with Crippen molar-refractivity contribution in [3.63, 3.8) is 0 Å². The number of aromatic nitrogens is 1. The number of nitrogens with zero attached hydrogens (tertiary/aromatic N) is 3. The van der Waals surface area contributed by atoms with Gasteiger partial charge in [-0.15, -0.1) is 0 Å². The third-order valence-electron chi connectivity index (χ3n) is 3.10. The van der Waals surface area contributed by atoms with Crippen molar-refractivity contribution in [1.82, 2.24) is 4.57 Å². The Morgan fingerprint density at radius 3 is 2.45 bits per heavy atom.